The highest BCUT2D eigenvalue weighted by atomic mass is 19.4. The van der Waals surface area contributed by atoms with Gasteiger partial charge < -0.3 is 0 Å². The van der Waals surface area contributed by atoms with E-state index in [0.29, 0.717) is 11.3 Å². The fourth-order valence-electron chi connectivity index (χ4n) is 8.33. The molecule has 0 spiro atoms. The van der Waals surface area contributed by atoms with Gasteiger partial charge in [0, 0.05) is 16.7 Å². The Bertz CT molecular complexity index is 1830. The lowest BCUT2D eigenvalue weighted by molar-refractivity contribution is -0.0696. The molecule has 0 saturated heterocycles. The van der Waals surface area contributed by atoms with Crippen LogP contribution in [-0.4, -0.2) is 6.18 Å². The lowest BCUT2D eigenvalue weighted by Gasteiger charge is -2.38. The number of rotatable bonds is 8. The summed E-state index contributed by atoms with van der Waals surface area (Å²) in [5, 5.41) is 0.431. The molecule has 0 N–H and O–H groups in total. The van der Waals surface area contributed by atoms with E-state index >= 15 is 8.78 Å². The van der Waals surface area contributed by atoms with Crippen LogP contribution < -0.4 is 0 Å². The van der Waals surface area contributed by atoms with Crippen molar-refractivity contribution in [2.24, 2.45) is 17.8 Å². The number of halogens is 7. The normalized spacial score (nSPS) is 21.8. The van der Waals surface area contributed by atoms with Gasteiger partial charge >= 0.3 is 6.18 Å². The summed E-state index contributed by atoms with van der Waals surface area (Å²) in [5.74, 6) is 1.07. The molecule has 0 radical (unpaired) electrons. The van der Waals surface area contributed by atoms with Gasteiger partial charge in [-0.15, -0.1) is 0 Å². The molecule has 0 bridgehead atoms. The zero-order valence-corrected chi connectivity index (χ0v) is 27.3. The standard InChI is InChI=1S/C41H41F7/c1-2-3-4-5-6-25-7-9-26(10-8-25)27-11-13-28(14-12-27)29-15-17-34-31(21-29)24-37(43)38(40(34)45)30-16-18-33-32(22-30)23-36(42)35(39(33)44)19-20-41(46,47)48/h15-18,21-28H,2-14H2,1H3. The van der Waals surface area contributed by atoms with Crippen LogP contribution in [0.5, 0.6) is 0 Å². The summed E-state index contributed by atoms with van der Waals surface area (Å²) in [7, 11) is 0. The molecule has 2 saturated carbocycles. The van der Waals surface area contributed by atoms with Gasteiger partial charge in [0.05, 0.1) is 11.1 Å². The van der Waals surface area contributed by atoms with Gasteiger partial charge in [0.1, 0.15) is 23.3 Å². The van der Waals surface area contributed by atoms with Crippen LogP contribution in [0.25, 0.3) is 32.7 Å². The summed E-state index contributed by atoms with van der Waals surface area (Å²) in [4.78, 5) is 0. The molecule has 4 aromatic rings. The third-order valence-electron chi connectivity index (χ3n) is 11.0. The maximum absolute atomic E-state index is 15.9. The Balaban J connectivity index is 1.15. The average molecular weight is 667 g/mol. The Morgan fingerprint density at radius 2 is 1.29 bits per heavy atom. The van der Waals surface area contributed by atoms with Crippen molar-refractivity contribution in [3.63, 3.8) is 0 Å². The number of unbranched alkanes of at least 4 members (excludes halogenated alkanes) is 3. The van der Waals surface area contributed by atoms with E-state index in [4.69, 9.17) is 0 Å². The number of fused-ring (bicyclic) bond motifs is 2. The molecule has 6 rings (SSSR count). The molecule has 0 aliphatic heterocycles. The van der Waals surface area contributed by atoms with E-state index in [1.54, 1.807) is 6.07 Å². The first-order valence-corrected chi connectivity index (χ1v) is 17.5. The first kappa shape index (κ1) is 34.3. The summed E-state index contributed by atoms with van der Waals surface area (Å²) in [6, 6.07) is 11.3. The second-order valence-corrected chi connectivity index (χ2v) is 14.0. The van der Waals surface area contributed by atoms with Crippen molar-refractivity contribution in [1.29, 1.82) is 0 Å². The molecular weight excluding hydrogens is 625 g/mol. The van der Waals surface area contributed by atoms with Gasteiger partial charge in [-0.3, -0.25) is 0 Å². The van der Waals surface area contributed by atoms with Crippen LogP contribution in [0.4, 0.5) is 30.7 Å². The van der Waals surface area contributed by atoms with Crippen LogP contribution in [-0.2, 0) is 0 Å². The number of hydrogen-bond acceptors (Lipinski definition) is 0. The van der Waals surface area contributed by atoms with E-state index in [1.807, 2.05) is 12.1 Å². The lowest BCUT2D eigenvalue weighted by atomic mass is 9.68. The molecular formula is C41H41F7. The Hall–Kier alpha value is -3.53. The van der Waals surface area contributed by atoms with Crippen LogP contribution in [0.15, 0.2) is 48.5 Å². The average Bonchev–Trinajstić information content (AvgIpc) is 3.06. The minimum atomic E-state index is -4.92. The van der Waals surface area contributed by atoms with Gasteiger partial charge in [0.15, 0.2) is 0 Å². The fourth-order valence-corrected chi connectivity index (χ4v) is 8.33. The zero-order chi connectivity index (χ0) is 34.0. The molecule has 0 atom stereocenters. The smallest absolute Gasteiger partial charge is 0.206 e. The van der Waals surface area contributed by atoms with E-state index in [0.717, 1.165) is 48.1 Å². The Morgan fingerprint density at radius 1 is 0.667 bits per heavy atom. The second-order valence-electron chi connectivity index (χ2n) is 14.0. The first-order valence-electron chi connectivity index (χ1n) is 17.5. The van der Waals surface area contributed by atoms with E-state index in [2.05, 4.69) is 6.92 Å². The van der Waals surface area contributed by atoms with Crippen LogP contribution in [0.2, 0.25) is 0 Å². The van der Waals surface area contributed by atoms with Crippen LogP contribution in [0.3, 0.4) is 0 Å². The molecule has 0 amide bonds. The van der Waals surface area contributed by atoms with Crippen molar-refractivity contribution >= 4 is 21.5 Å². The maximum atomic E-state index is 15.9. The SMILES string of the molecule is CCCCCCC1CCC(C2CCC(c3ccc4c(F)c(-c5ccc6c(F)c(C#CC(F)(F)F)c(F)cc6c5)c(F)cc4c3)CC2)CC1. The minimum absolute atomic E-state index is 0.0552. The van der Waals surface area contributed by atoms with Crippen molar-refractivity contribution in [2.75, 3.05) is 0 Å². The van der Waals surface area contributed by atoms with Crippen molar-refractivity contribution in [1.82, 2.24) is 0 Å². The van der Waals surface area contributed by atoms with Crippen molar-refractivity contribution in [3.05, 3.63) is 82.9 Å². The topological polar surface area (TPSA) is 0 Å². The quantitative estimate of drug-likeness (QED) is 0.0997. The second kappa shape index (κ2) is 14.5. The first-order chi connectivity index (χ1) is 23.0. The monoisotopic (exact) mass is 666 g/mol. The predicted octanol–water partition coefficient (Wildman–Crippen LogP) is 13.2. The van der Waals surface area contributed by atoms with Gasteiger partial charge in [0.2, 0.25) is 0 Å². The molecule has 48 heavy (non-hydrogen) atoms. The van der Waals surface area contributed by atoms with Crippen LogP contribution in [0, 0.1) is 52.9 Å². The van der Waals surface area contributed by atoms with E-state index in [9.17, 15) is 22.0 Å². The lowest BCUT2D eigenvalue weighted by Crippen LogP contribution is -2.25. The molecule has 0 nitrogen and oxygen atoms in total. The Morgan fingerprint density at radius 3 is 1.98 bits per heavy atom. The fraction of sp³-hybridized carbons (Fsp3) is 0.463. The van der Waals surface area contributed by atoms with Crippen LogP contribution >= 0.6 is 0 Å². The number of alkyl halides is 3. The van der Waals surface area contributed by atoms with Crippen molar-refractivity contribution < 1.29 is 30.7 Å². The highest BCUT2D eigenvalue weighted by molar-refractivity contribution is 5.93. The van der Waals surface area contributed by atoms with Crippen molar-refractivity contribution in [3.8, 4) is 23.0 Å². The Labute approximate surface area is 278 Å². The summed E-state index contributed by atoms with van der Waals surface area (Å²) in [5.41, 5.74) is -0.213. The molecule has 0 aromatic heterocycles. The molecule has 2 aliphatic rings. The van der Waals surface area contributed by atoms with Gasteiger partial charge in [0.25, 0.3) is 0 Å². The zero-order valence-electron chi connectivity index (χ0n) is 27.3. The molecule has 0 unspecified atom stereocenters. The van der Waals surface area contributed by atoms with E-state index < -0.39 is 35.0 Å². The summed E-state index contributed by atoms with van der Waals surface area (Å²) < 4.78 is 98.5. The van der Waals surface area contributed by atoms with Crippen molar-refractivity contribution in [2.45, 2.75) is 102 Å². The summed E-state index contributed by atoms with van der Waals surface area (Å²) in [6.07, 6.45) is 11.8. The van der Waals surface area contributed by atoms with E-state index in [1.165, 1.54) is 101 Å². The molecule has 254 valence electrons. The van der Waals surface area contributed by atoms with Gasteiger partial charge in [-0.2, -0.15) is 13.2 Å². The van der Waals surface area contributed by atoms with Crippen LogP contribution in [0.1, 0.15) is 107 Å². The highest BCUT2D eigenvalue weighted by Crippen LogP contribution is 2.45. The molecule has 2 aliphatic carbocycles. The highest BCUT2D eigenvalue weighted by Gasteiger charge is 2.31. The Kier molecular flexibility index (Phi) is 10.4. The van der Waals surface area contributed by atoms with Gasteiger partial charge in [-0.25, -0.2) is 17.6 Å². The molecule has 0 heterocycles. The van der Waals surface area contributed by atoms with E-state index in [-0.39, 0.29) is 27.3 Å². The molecule has 7 heteroatoms. The molecule has 2 fully saturated rings. The number of benzene rings is 4. The van der Waals surface area contributed by atoms with Gasteiger partial charge in [-0.05, 0) is 102 Å². The molecule has 4 aromatic carbocycles. The number of hydrogen-bond donors (Lipinski definition) is 0. The third-order valence-corrected chi connectivity index (χ3v) is 11.0. The minimum Gasteiger partial charge on any atom is -0.206 e. The maximum Gasteiger partial charge on any atom is 0.458 e. The predicted molar refractivity (Wildman–Crippen MR) is 179 cm³/mol. The largest absolute Gasteiger partial charge is 0.458 e. The summed E-state index contributed by atoms with van der Waals surface area (Å²) in [6.45, 7) is 2.26. The summed E-state index contributed by atoms with van der Waals surface area (Å²) >= 11 is 0. The third kappa shape index (κ3) is 7.53. The van der Waals surface area contributed by atoms with Gasteiger partial charge in [-0.1, -0.05) is 88.1 Å².